The highest BCUT2D eigenvalue weighted by Gasteiger charge is 2.61. The molecule has 1 spiro atoms. The van der Waals surface area contributed by atoms with E-state index in [1.807, 2.05) is 25.8 Å². The van der Waals surface area contributed by atoms with Crippen LogP contribution in [0.5, 0.6) is 5.75 Å². The molecule has 5 nitrogen and oxygen atoms in total. The standard InChI is InChI=1S/C22H28N2O3/c1-13(2)16-6-7-20-18(10-16)22(8-9-26-20)11-19(22)21(25)24(5)12-17-14(3)23-27-15(17)4/h6-7,10,13,19H,8-9,11-12H2,1-5H3/t19-,22-/m0/s1. The van der Waals surface area contributed by atoms with Crippen LogP contribution in [0, 0.1) is 19.8 Å². The number of fused-ring (bicyclic) bond motifs is 2. The van der Waals surface area contributed by atoms with E-state index in [9.17, 15) is 4.79 Å². The predicted molar refractivity (Wildman–Crippen MR) is 103 cm³/mol. The number of aryl methyl sites for hydroxylation is 2. The highest BCUT2D eigenvalue weighted by molar-refractivity contribution is 5.85. The van der Waals surface area contributed by atoms with Gasteiger partial charge in [0.15, 0.2) is 0 Å². The van der Waals surface area contributed by atoms with E-state index in [4.69, 9.17) is 9.26 Å². The maximum atomic E-state index is 13.2. The Morgan fingerprint density at radius 1 is 1.37 bits per heavy atom. The molecule has 144 valence electrons. The van der Waals surface area contributed by atoms with E-state index < -0.39 is 0 Å². The molecular formula is C22H28N2O3. The van der Waals surface area contributed by atoms with Crippen LogP contribution in [-0.4, -0.2) is 29.6 Å². The van der Waals surface area contributed by atoms with Crippen LogP contribution in [0.1, 0.15) is 60.8 Å². The quantitative estimate of drug-likeness (QED) is 0.815. The van der Waals surface area contributed by atoms with Crippen LogP contribution in [0.4, 0.5) is 0 Å². The van der Waals surface area contributed by atoms with Gasteiger partial charge in [-0.1, -0.05) is 31.1 Å². The fourth-order valence-electron chi connectivity index (χ4n) is 4.41. The van der Waals surface area contributed by atoms with Crippen LogP contribution in [0.2, 0.25) is 0 Å². The van der Waals surface area contributed by atoms with E-state index in [0.29, 0.717) is 19.1 Å². The van der Waals surface area contributed by atoms with Crippen molar-refractivity contribution < 1.29 is 14.1 Å². The zero-order valence-electron chi connectivity index (χ0n) is 16.8. The van der Waals surface area contributed by atoms with Crippen LogP contribution in [0.3, 0.4) is 0 Å². The number of benzene rings is 1. The van der Waals surface area contributed by atoms with E-state index in [1.54, 1.807) is 0 Å². The fourth-order valence-corrected chi connectivity index (χ4v) is 4.41. The fraction of sp³-hybridized carbons (Fsp3) is 0.545. The van der Waals surface area contributed by atoms with E-state index in [2.05, 4.69) is 37.2 Å². The van der Waals surface area contributed by atoms with Gasteiger partial charge < -0.3 is 14.2 Å². The Kier molecular flexibility index (Phi) is 4.28. The van der Waals surface area contributed by atoms with Gasteiger partial charge in [0, 0.05) is 29.5 Å². The minimum Gasteiger partial charge on any atom is -0.493 e. The molecule has 5 heteroatoms. The van der Waals surface area contributed by atoms with Crippen molar-refractivity contribution in [3.63, 3.8) is 0 Å². The molecule has 0 radical (unpaired) electrons. The zero-order valence-corrected chi connectivity index (χ0v) is 16.8. The van der Waals surface area contributed by atoms with Gasteiger partial charge in [-0.15, -0.1) is 0 Å². The molecule has 2 atom stereocenters. The molecule has 27 heavy (non-hydrogen) atoms. The van der Waals surface area contributed by atoms with Crippen molar-refractivity contribution in [2.75, 3.05) is 13.7 Å². The zero-order chi connectivity index (χ0) is 19.3. The molecule has 2 aromatic rings. The smallest absolute Gasteiger partial charge is 0.226 e. The van der Waals surface area contributed by atoms with Gasteiger partial charge >= 0.3 is 0 Å². The van der Waals surface area contributed by atoms with Crippen molar-refractivity contribution in [2.24, 2.45) is 5.92 Å². The molecule has 0 unspecified atom stereocenters. The number of carbonyl (C=O) groups is 1. The normalized spacial score (nSPS) is 23.3. The molecular weight excluding hydrogens is 340 g/mol. The first-order valence-electron chi connectivity index (χ1n) is 9.77. The molecule has 0 bridgehead atoms. The van der Waals surface area contributed by atoms with Crippen LogP contribution in [0.25, 0.3) is 0 Å². The Bertz CT molecular complexity index is 866. The molecule has 0 saturated heterocycles. The maximum absolute atomic E-state index is 13.2. The Morgan fingerprint density at radius 2 is 2.15 bits per heavy atom. The Hall–Kier alpha value is -2.30. The summed E-state index contributed by atoms with van der Waals surface area (Å²) in [6.07, 6.45) is 1.83. The number of aromatic nitrogens is 1. The molecule has 4 rings (SSSR count). The lowest BCUT2D eigenvalue weighted by Gasteiger charge is -2.29. The van der Waals surface area contributed by atoms with Gasteiger partial charge in [-0.25, -0.2) is 0 Å². The van der Waals surface area contributed by atoms with Crippen LogP contribution >= 0.6 is 0 Å². The molecule has 1 fully saturated rings. The Balaban J connectivity index is 1.57. The summed E-state index contributed by atoms with van der Waals surface area (Å²) < 4.78 is 11.1. The van der Waals surface area contributed by atoms with Crippen LogP contribution in [0.15, 0.2) is 22.7 Å². The van der Waals surface area contributed by atoms with E-state index in [0.717, 1.165) is 35.6 Å². The monoisotopic (exact) mass is 368 g/mol. The summed E-state index contributed by atoms with van der Waals surface area (Å²) in [4.78, 5) is 15.0. The van der Waals surface area contributed by atoms with Gasteiger partial charge in [-0.05, 0) is 44.2 Å². The number of nitrogens with zero attached hydrogens (tertiary/aromatic N) is 2. The number of hydrogen-bond acceptors (Lipinski definition) is 4. The second-order valence-electron chi connectivity index (χ2n) is 8.42. The molecule has 0 N–H and O–H groups in total. The third-order valence-corrected chi connectivity index (χ3v) is 6.34. The largest absolute Gasteiger partial charge is 0.493 e. The average molecular weight is 368 g/mol. The molecule has 1 aliphatic heterocycles. The molecule has 2 heterocycles. The topological polar surface area (TPSA) is 55.6 Å². The van der Waals surface area contributed by atoms with Gasteiger partial charge in [-0.2, -0.15) is 0 Å². The van der Waals surface area contributed by atoms with Gasteiger partial charge in [0.25, 0.3) is 0 Å². The predicted octanol–water partition coefficient (Wildman–Crippen LogP) is 4.11. The van der Waals surface area contributed by atoms with E-state index in [-0.39, 0.29) is 17.2 Å². The Labute approximate surface area is 160 Å². The summed E-state index contributed by atoms with van der Waals surface area (Å²) in [5, 5.41) is 4.00. The lowest BCUT2D eigenvalue weighted by Crippen LogP contribution is -2.32. The van der Waals surface area contributed by atoms with Crippen molar-refractivity contribution in [2.45, 2.75) is 58.4 Å². The summed E-state index contributed by atoms with van der Waals surface area (Å²) in [6.45, 7) is 9.45. The average Bonchev–Trinajstić information content (AvgIpc) is 3.28. The molecule has 1 aromatic carbocycles. The van der Waals surface area contributed by atoms with Crippen molar-refractivity contribution >= 4 is 5.91 Å². The van der Waals surface area contributed by atoms with Gasteiger partial charge in [0.1, 0.15) is 11.5 Å². The summed E-state index contributed by atoms with van der Waals surface area (Å²) in [6, 6.07) is 6.49. The molecule has 1 amide bonds. The maximum Gasteiger partial charge on any atom is 0.226 e. The second kappa shape index (κ2) is 6.39. The first-order chi connectivity index (χ1) is 12.8. The first kappa shape index (κ1) is 18.1. The first-order valence-corrected chi connectivity index (χ1v) is 9.77. The van der Waals surface area contributed by atoms with Crippen molar-refractivity contribution in [3.05, 3.63) is 46.3 Å². The van der Waals surface area contributed by atoms with Gasteiger partial charge in [0.2, 0.25) is 5.91 Å². The lowest BCUT2D eigenvalue weighted by molar-refractivity contribution is -0.132. The Morgan fingerprint density at radius 3 is 2.81 bits per heavy atom. The summed E-state index contributed by atoms with van der Waals surface area (Å²) in [5.74, 6) is 2.44. The number of amides is 1. The second-order valence-corrected chi connectivity index (χ2v) is 8.42. The number of carbonyl (C=O) groups excluding carboxylic acids is 1. The molecule has 1 aliphatic carbocycles. The summed E-state index contributed by atoms with van der Waals surface area (Å²) in [5.41, 5.74) is 4.35. The lowest BCUT2D eigenvalue weighted by atomic mass is 9.85. The van der Waals surface area contributed by atoms with E-state index in [1.165, 1.54) is 11.1 Å². The minimum atomic E-state index is -0.0530. The molecule has 2 aliphatic rings. The van der Waals surface area contributed by atoms with Crippen molar-refractivity contribution in [1.29, 1.82) is 0 Å². The van der Waals surface area contributed by atoms with Crippen LogP contribution < -0.4 is 4.74 Å². The number of rotatable bonds is 4. The third kappa shape index (κ3) is 2.93. The van der Waals surface area contributed by atoms with Crippen LogP contribution in [-0.2, 0) is 16.8 Å². The minimum absolute atomic E-state index is 0.0352. The highest BCUT2D eigenvalue weighted by Crippen LogP contribution is 2.61. The number of ether oxygens (including phenoxy) is 1. The molecule has 1 aromatic heterocycles. The highest BCUT2D eigenvalue weighted by atomic mass is 16.5. The summed E-state index contributed by atoms with van der Waals surface area (Å²) in [7, 11) is 1.88. The van der Waals surface area contributed by atoms with Crippen molar-refractivity contribution in [3.8, 4) is 5.75 Å². The third-order valence-electron chi connectivity index (χ3n) is 6.34. The van der Waals surface area contributed by atoms with Gasteiger partial charge in [0.05, 0.1) is 18.8 Å². The molecule has 1 saturated carbocycles. The SMILES string of the molecule is Cc1noc(C)c1CN(C)C(=O)[C@@H]1C[C@]12CCOc1ccc(C(C)C)cc12. The van der Waals surface area contributed by atoms with Crippen molar-refractivity contribution in [1.82, 2.24) is 10.1 Å². The summed E-state index contributed by atoms with van der Waals surface area (Å²) >= 11 is 0. The number of hydrogen-bond donors (Lipinski definition) is 0. The van der Waals surface area contributed by atoms with Gasteiger partial charge in [-0.3, -0.25) is 4.79 Å². The van der Waals surface area contributed by atoms with E-state index >= 15 is 0 Å².